The average molecular weight is 605 g/mol. The Kier molecular flexibility index (Phi) is 8.69. The van der Waals surface area contributed by atoms with Crippen molar-refractivity contribution >= 4 is 78.4 Å². The van der Waals surface area contributed by atoms with Crippen molar-refractivity contribution in [2.24, 2.45) is 5.10 Å². The summed E-state index contributed by atoms with van der Waals surface area (Å²) in [5, 5.41) is 28.9. The molecule has 0 unspecified atom stereocenters. The fourth-order valence-corrected chi connectivity index (χ4v) is 4.79. The van der Waals surface area contributed by atoms with Crippen molar-refractivity contribution in [2.45, 2.75) is 9.79 Å². The molecule has 0 radical (unpaired) electrons. The third-order valence-corrected chi connectivity index (χ3v) is 7.02. The van der Waals surface area contributed by atoms with Gasteiger partial charge in [0.25, 0.3) is 31.6 Å². The third-order valence-electron chi connectivity index (χ3n) is 5.27. The summed E-state index contributed by atoms with van der Waals surface area (Å²) in [6.45, 7) is 0. The molecule has 0 aliphatic carbocycles. The summed E-state index contributed by atoms with van der Waals surface area (Å²) in [5.41, 5.74) is 2.15. The van der Waals surface area contributed by atoms with Crippen LogP contribution in [-0.4, -0.2) is 78.3 Å². The Balaban J connectivity index is 0.00000441. The average Bonchev–Trinajstić information content (AvgIpc) is 3.32. The number of amidine groups is 1. The molecule has 0 saturated carbocycles. The topological polar surface area (TPSA) is 235 Å². The number of nitro benzene ring substituents is 2. The number of nitro groups is 2. The second-order valence-corrected chi connectivity index (χ2v) is 10.5. The van der Waals surface area contributed by atoms with E-state index in [1.807, 2.05) is 0 Å². The number of hydrazone groups is 1. The minimum atomic E-state index is -5.07. The summed E-state index contributed by atoms with van der Waals surface area (Å²) in [4.78, 5) is 19.3. The summed E-state index contributed by atoms with van der Waals surface area (Å²) in [6, 6.07) is 10.8. The Labute approximate surface area is 247 Å². The molecule has 0 bridgehead atoms. The van der Waals surface area contributed by atoms with Gasteiger partial charge in [-0.2, -0.15) is 27.1 Å². The van der Waals surface area contributed by atoms with Crippen molar-refractivity contribution in [3.63, 3.8) is 0 Å². The first-order chi connectivity index (χ1) is 18.2. The van der Waals surface area contributed by atoms with Gasteiger partial charge in [-0.3, -0.25) is 34.8 Å². The molecule has 3 aromatic rings. The molecule has 1 heterocycles. The van der Waals surface area contributed by atoms with Gasteiger partial charge in [-0.1, -0.05) is 0 Å². The van der Waals surface area contributed by atoms with E-state index in [2.05, 4.69) is 10.5 Å². The zero-order chi connectivity index (χ0) is 28.7. The van der Waals surface area contributed by atoms with Gasteiger partial charge < -0.3 is 4.74 Å². The van der Waals surface area contributed by atoms with Gasteiger partial charge in [0.15, 0.2) is 11.6 Å². The second kappa shape index (κ2) is 11.3. The quantitative estimate of drug-likeness (QED) is 0.143. The zero-order valence-corrected chi connectivity index (χ0v) is 21.0. The van der Waals surface area contributed by atoms with Crippen LogP contribution < -0.4 is 20.4 Å². The molecular weight excluding hydrogens is 587 g/mol. The molecule has 0 amide bonds. The van der Waals surface area contributed by atoms with Crippen molar-refractivity contribution in [1.29, 1.82) is 0 Å². The number of non-ortho nitro benzene ring substituents is 2. The molecule has 20 heteroatoms. The van der Waals surface area contributed by atoms with Crippen LogP contribution in [-0.2, 0) is 20.2 Å². The van der Waals surface area contributed by atoms with E-state index in [9.17, 15) is 46.2 Å². The number of hydrogen-bond donors (Lipinski definition) is 3. The van der Waals surface area contributed by atoms with Gasteiger partial charge in [0, 0.05) is 23.8 Å². The van der Waals surface area contributed by atoms with Gasteiger partial charge in [0.05, 0.1) is 33.6 Å². The molecule has 206 valence electrons. The number of hydrazine groups is 2. The molecule has 40 heavy (non-hydrogen) atoms. The number of benzene rings is 3. The summed E-state index contributed by atoms with van der Waals surface area (Å²) < 4.78 is 71.7. The van der Waals surface area contributed by atoms with E-state index in [1.54, 1.807) is 0 Å². The molecule has 17 nitrogen and oxygen atoms in total. The molecule has 3 aromatic carbocycles. The minimum absolute atomic E-state index is 0. The molecule has 4 rings (SSSR count). The van der Waals surface area contributed by atoms with Gasteiger partial charge >= 0.3 is 29.6 Å². The summed E-state index contributed by atoms with van der Waals surface area (Å²) >= 11 is 0. The Bertz CT molecular complexity index is 1750. The van der Waals surface area contributed by atoms with Crippen molar-refractivity contribution in [1.82, 2.24) is 5.43 Å². The monoisotopic (exact) mass is 604 g/mol. The number of nitrogens with one attached hydrogen (secondary N) is 1. The summed E-state index contributed by atoms with van der Waals surface area (Å²) in [5.74, 6) is -0.306. The first-order valence-electron chi connectivity index (χ1n) is 10.3. The Morgan fingerprint density at radius 1 is 0.875 bits per heavy atom. The first-order valence-corrected chi connectivity index (χ1v) is 13.2. The van der Waals surface area contributed by atoms with Crippen LogP contribution in [0.1, 0.15) is 5.56 Å². The molecule has 0 fully saturated rings. The first kappa shape index (κ1) is 30.7. The molecule has 1 aliphatic heterocycles. The van der Waals surface area contributed by atoms with E-state index < -0.39 is 39.9 Å². The fraction of sp³-hybridized carbons (Fsp3) is 0.0500. The van der Waals surface area contributed by atoms with Gasteiger partial charge in [0.1, 0.15) is 10.6 Å². The normalized spacial score (nSPS) is 13.2. The van der Waals surface area contributed by atoms with Crippen LogP contribution in [0.15, 0.2) is 75.6 Å². The van der Waals surface area contributed by atoms with Crippen LogP contribution >= 0.6 is 0 Å². The van der Waals surface area contributed by atoms with Crippen molar-refractivity contribution in [3.05, 3.63) is 86.5 Å². The number of anilines is 2. The van der Waals surface area contributed by atoms with Crippen LogP contribution in [0.5, 0.6) is 5.75 Å². The van der Waals surface area contributed by atoms with Crippen molar-refractivity contribution in [2.75, 3.05) is 17.3 Å². The van der Waals surface area contributed by atoms with Gasteiger partial charge in [-0.05, 0) is 36.4 Å². The van der Waals surface area contributed by atoms with E-state index in [1.165, 1.54) is 37.4 Å². The van der Waals surface area contributed by atoms with Crippen molar-refractivity contribution < 1.29 is 40.5 Å². The van der Waals surface area contributed by atoms with E-state index in [-0.39, 0.29) is 69.5 Å². The van der Waals surface area contributed by atoms with Crippen LogP contribution in [0.25, 0.3) is 0 Å². The Morgan fingerprint density at radius 3 is 2.00 bits per heavy atom. The van der Waals surface area contributed by atoms with Gasteiger partial charge in [-0.25, -0.2) is 0 Å². The van der Waals surface area contributed by atoms with Crippen molar-refractivity contribution in [3.8, 4) is 5.75 Å². The van der Waals surface area contributed by atoms with Crippen LogP contribution in [0.2, 0.25) is 0 Å². The molecule has 0 aromatic heterocycles. The number of hydrogen-bond acceptors (Lipinski definition) is 13. The Morgan fingerprint density at radius 2 is 1.48 bits per heavy atom. The number of rotatable bonds is 8. The zero-order valence-electron chi connectivity index (χ0n) is 19.4. The molecule has 1 aliphatic rings. The SMILES string of the molecule is COc1cc([N+](=O)[O-])ccc1N1NC(c2ccc(S(=O)(=O)O)cc2S(=O)(=O)O)=NN1c1ccc([N+](=O)[O-])cc1.[NaH]. The molecule has 0 saturated heterocycles. The summed E-state index contributed by atoms with van der Waals surface area (Å²) in [6.07, 6.45) is 0. The molecular formula is C20H17N6NaO11S2. The van der Waals surface area contributed by atoms with Crippen LogP contribution in [0.4, 0.5) is 22.7 Å². The van der Waals surface area contributed by atoms with Gasteiger partial charge in [0.2, 0.25) is 0 Å². The summed E-state index contributed by atoms with van der Waals surface area (Å²) in [7, 11) is -8.68. The van der Waals surface area contributed by atoms with E-state index >= 15 is 0 Å². The maximum absolute atomic E-state index is 12.1. The van der Waals surface area contributed by atoms with Crippen LogP contribution in [0.3, 0.4) is 0 Å². The van der Waals surface area contributed by atoms with E-state index in [0.29, 0.717) is 6.07 Å². The fourth-order valence-electron chi connectivity index (χ4n) is 3.49. The second-order valence-electron chi connectivity index (χ2n) is 7.66. The van der Waals surface area contributed by atoms with Crippen LogP contribution in [0, 0.1) is 20.2 Å². The Hall–Kier alpha value is -3.85. The predicted molar refractivity (Wildman–Crippen MR) is 141 cm³/mol. The molecule has 0 spiro atoms. The maximum atomic E-state index is 12.1. The third kappa shape index (κ3) is 6.14. The van der Waals surface area contributed by atoms with E-state index in [0.717, 1.165) is 34.5 Å². The predicted octanol–water partition coefficient (Wildman–Crippen LogP) is 1.46. The number of methoxy groups -OCH3 is 1. The molecule has 0 atom stereocenters. The molecule has 3 N–H and O–H groups in total. The van der Waals surface area contributed by atoms with Gasteiger partial charge in [-0.15, -0.1) is 5.10 Å². The number of ether oxygens (including phenoxy) is 1. The number of nitrogens with zero attached hydrogens (tertiary/aromatic N) is 5. The standard InChI is InChI=1S/C20H16N6O11S2.Na.H/c1-37-18-10-14(26(29)30)6-9-17(18)24-22-20(21-23(24)12-2-4-13(5-3-12)25(27)28)16-8-7-15(38(31,32)33)11-19(16)39(34,35)36;;/h2-11H,1H3,(H,21,22)(H,31,32,33)(H,34,35,36);;. The van der Waals surface area contributed by atoms with E-state index in [4.69, 9.17) is 4.74 Å².